The number of aromatic nitrogens is 1. The Morgan fingerprint density at radius 2 is 1.61 bits per heavy atom. The van der Waals surface area contributed by atoms with Crippen molar-refractivity contribution in [1.29, 1.82) is 0 Å². The number of carboxylic acid groups (broad SMARTS) is 1. The lowest BCUT2D eigenvalue weighted by Crippen LogP contribution is -2.38. The van der Waals surface area contributed by atoms with Crippen LogP contribution in [-0.4, -0.2) is 58.2 Å². The maximum absolute atomic E-state index is 12.5. The van der Waals surface area contributed by atoms with E-state index in [4.69, 9.17) is 14.6 Å². The van der Waals surface area contributed by atoms with Crippen molar-refractivity contribution in [1.82, 2.24) is 15.2 Å². The van der Waals surface area contributed by atoms with E-state index in [0.29, 0.717) is 32.2 Å². The number of pyridine rings is 1. The van der Waals surface area contributed by atoms with Gasteiger partial charge in [0.1, 0.15) is 0 Å². The van der Waals surface area contributed by atoms with Crippen molar-refractivity contribution in [2.45, 2.75) is 76.6 Å². The number of carboxylic acids is 1. The summed E-state index contributed by atoms with van der Waals surface area (Å²) >= 11 is 0. The molecule has 0 saturated carbocycles. The van der Waals surface area contributed by atoms with Crippen LogP contribution in [0.3, 0.4) is 0 Å². The Morgan fingerprint density at radius 1 is 0.878 bits per heavy atom. The first-order chi connectivity index (χ1) is 23.9. The van der Waals surface area contributed by atoms with Crippen LogP contribution in [0.4, 0.5) is 0 Å². The van der Waals surface area contributed by atoms with Gasteiger partial charge < -0.3 is 29.9 Å². The second-order valence-corrected chi connectivity index (χ2v) is 12.7. The average Bonchev–Trinajstić information content (AvgIpc) is 3.13. The molecule has 9 nitrogen and oxygen atoms in total. The molecule has 0 spiro atoms. The molecule has 3 atom stereocenters. The number of aliphatic hydroxyl groups excluding tert-OH is 1. The molecule has 1 aromatic heterocycles. The molecule has 1 amide bonds. The molecule has 1 saturated heterocycles. The molecule has 1 aliphatic rings. The SMILES string of the molecule is CN(CCc1ccccn1)C[C@@H]1C[C@H](c2ccc(CO)cc2)O[C@H](c2ccc(-c3ccccc3CNC(=O)CCCCCC(=O)O)cc2)O1. The van der Waals surface area contributed by atoms with Gasteiger partial charge in [-0.25, -0.2) is 0 Å². The molecular weight excluding hydrogens is 618 g/mol. The monoisotopic (exact) mass is 665 g/mol. The minimum atomic E-state index is -0.803. The highest BCUT2D eigenvalue weighted by Gasteiger charge is 2.32. The van der Waals surface area contributed by atoms with Crippen LogP contribution >= 0.6 is 0 Å². The van der Waals surface area contributed by atoms with Crippen molar-refractivity contribution in [2.24, 2.45) is 0 Å². The number of aliphatic hydroxyl groups is 1. The molecule has 5 rings (SSSR count). The van der Waals surface area contributed by atoms with E-state index < -0.39 is 12.3 Å². The molecule has 0 bridgehead atoms. The van der Waals surface area contributed by atoms with Gasteiger partial charge in [0.25, 0.3) is 0 Å². The smallest absolute Gasteiger partial charge is 0.303 e. The first-order valence-electron chi connectivity index (χ1n) is 17.1. The van der Waals surface area contributed by atoms with Gasteiger partial charge in [-0.3, -0.25) is 14.6 Å². The number of likely N-dealkylation sites (N-methyl/N-ethyl adjacent to an activating group) is 1. The number of carbonyl (C=O) groups excluding carboxylic acids is 1. The summed E-state index contributed by atoms with van der Waals surface area (Å²) in [6.07, 6.45) is 5.11. The number of benzene rings is 3. The largest absolute Gasteiger partial charge is 0.481 e. The van der Waals surface area contributed by atoms with Crippen LogP contribution in [0.2, 0.25) is 0 Å². The third-order valence-electron chi connectivity index (χ3n) is 8.89. The van der Waals surface area contributed by atoms with Crippen molar-refractivity contribution in [3.05, 3.63) is 125 Å². The number of hydrogen-bond donors (Lipinski definition) is 3. The zero-order chi connectivity index (χ0) is 34.4. The fourth-order valence-corrected chi connectivity index (χ4v) is 6.12. The molecule has 49 heavy (non-hydrogen) atoms. The Hall–Kier alpha value is -4.41. The zero-order valence-electron chi connectivity index (χ0n) is 28.2. The van der Waals surface area contributed by atoms with E-state index >= 15 is 0 Å². The number of ether oxygens (including phenoxy) is 2. The summed E-state index contributed by atoms with van der Waals surface area (Å²) in [6.45, 7) is 2.02. The van der Waals surface area contributed by atoms with Gasteiger partial charge in [-0.2, -0.15) is 0 Å². The Morgan fingerprint density at radius 3 is 2.35 bits per heavy atom. The van der Waals surface area contributed by atoms with Gasteiger partial charge in [0, 0.05) is 62.8 Å². The highest BCUT2D eigenvalue weighted by atomic mass is 16.7. The van der Waals surface area contributed by atoms with E-state index in [9.17, 15) is 14.7 Å². The summed E-state index contributed by atoms with van der Waals surface area (Å²) < 4.78 is 13.2. The highest BCUT2D eigenvalue weighted by Crippen LogP contribution is 2.38. The van der Waals surface area contributed by atoms with Crippen molar-refractivity contribution in [3.8, 4) is 11.1 Å². The van der Waals surface area contributed by atoms with Gasteiger partial charge in [-0.1, -0.05) is 85.3 Å². The summed E-state index contributed by atoms with van der Waals surface area (Å²) in [7, 11) is 2.11. The molecule has 0 aliphatic carbocycles. The van der Waals surface area contributed by atoms with Gasteiger partial charge >= 0.3 is 5.97 Å². The molecule has 3 aromatic carbocycles. The normalized spacial score (nSPS) is 17.6. The minimum absolute atomic E-state index is 0.000733. The van der Waals surface area contributed by atoms with Crippen LogP contribution in [0, 0.1) is 0 Å². The van der Waals surface area contributed by atoms with Crippen LogP contribution < -0.4 is 5.32 Å². The fraction of sp³-hybridized carbons (Fsp3) is 0.375. The summed E-state index contributed by atoms with van der Waals surface area (Å²) in [6, 6.07) is 30.2. The van der Waals surface area contributed by atoms with Gasteiger partial charge in [-0.05, 0) is 59.8 Å². The number of hydrogen-bond acceptors (Lipinski definition) is 7. The standard InChI is InChI=1S/C40H47N3O6/c1-43(24-22-34-10-7-8-23-41-34)27-35-25-37(31-16-14-29(28-44)15-17-31)49-40(48-35)32-20-18-30(19-21-32)36-11-6-5-9-33(36)26-42-38(45)12-3-2-4-13-39(46)47/h5-11,14-21,23,35,37,40,44H,2-4,12-13,22,24-28H2,1H3,(H,42,45)(H,46,47)/t35-,37+,40+/m0/s1. The Kier molecular flexibility index (Phi) is 13.5. The Labute approximate surface area is 288 Å². The number of carbonyl (C=O) groups is 2. The van der Waals surface area contributed by atoms with Crippen LogP contribution in [0.15, 0.2) is 97.2 Å². The number of aliphatic carboxylic acids is 1. The molecule has 2 heterocycles. The van der Waals surface area contributed by atoms with E-state index in [1.54, 1.807) is 0 Å². The number of nitrogens with one attached hydrogen (secondary N) is 1. The lowest BCUT2D eigenvalue weighted by atomic mass is 9.97. The van der Waals surface area contributed by atoms with Gasteiger partial charge in [0.15, 0.2) is 6.29 Å². The van der Waals surface area contributed by atoms with Gasteiger partial charge in [0.2, 0.25) is 5.91 Å². The molecule has 9 heteroatoms. The van der Waals surface area contributed by atoms with Gasteiger partial charge in [0.05, 0.1) is 18.8 Å². The van der Waals surface area contributed by atoms with E-state index in [-0.39, 0.29) is 31.1 Å². The van der Waals surface area contributed by atoms with Crippen molar-refractivity contribution in [2.75, 3.05) is 20.1 Å². The van der Waals surface area contributed by atoms with E-state index in [1.165, 1.54) is 0 Å². The minimum Gasteiger partial charge on any atom is -0.481 e. The maximum Gasteiger partial charge on any atom is 0.303 e. The molecular formula is C40H47N3O6. The van der Waals surface area contributed by atoms with E-state index in [2.05, 4.69) is 46.5 Å². The molecule has 1 fully saturated rings. The summed E-state index contributed by atoms with van der Waals surface area (Å²) in [5.74, 6) is -0.841. The number of unbranched alkanes of at least 4 members (excludes halogenated alkanes) is 2. The van der Waals surface area contributed by atoms with E-state index in [1.807, 2.05) is 72.9 Å². The average molecular weight is 666 g/mol. The first kappa shape index (κ1) is 35.9. The quantitative estimate of drug-likeness (QED) is 0.108. The first-order valence-corrected chi connectivity index (χ1v) is 17.1. The zero-order valence-corrected chi connectivity index (χ0v) is 28.2. The predicted octanol–water partition coefficient (Wildman–Crippen LogP) is 6.61. The van der Waals surface area contributed by atoms with Crippen LogP contribution in [0.5, 0.6) is 0 Å². The molecule has 258 valence electrons. The number of rotatable bonds is 17. The summed E-state index contributed by atoms with van der Waals surface area (Å²) in [5.41, 5.74) is 6.99. The van der Waals surface area contributed by atoms with Crippen molar-refractivity contribution < 1.29 is 29.3 Å². The Balaban J connectivity index is 1.24. The van der Waals surface area contributed by atoms with Crippen LogP contribution in [-0.2, 0) is 38.6 Å². The molecule has 0 radical (unpaired) electrons. The molecule has 0 unspecified atom stereocenters. The van der Waals surface area contributed by atoms with Crippen molar-refractivity contribution >= 4 is 11.9 Å². The maximum atomic E-state index is 12.5. The summed E-state index contributed by atoms with van der Waals surface area (Å²) in [5, 5.41) is 21.4. The van der Waals surface area contributed by atoms with Crippen molar-refractivity contribution in [3.63, 3.8) is 0 Å². The molecule has 3 N–H and O–H groups in total. The fourth-order valence-electron chi connectivity index (χ4n) is 6.12. The molecule has 4 aromatic rings. The third kappa shape index (κ3) is 11.1. The van der Waals surface area contributed by atoms with Crippen LogP contribution in [0.25, 0.3) is 11.1 Å². The van der Waals surface area contributed by atoms with Crippen LogP contribution in [0.1, 0.15) is 78.9 Å². The Bertz CT molecular complexity index is 1610. The second-order valence-electron chi connectivity index (χ2n) is 12.7. The van der Waals surface area contributed by atoms with Gasteiger partial charge in [-0.15, -0.1) is 0 Å². The highest BCUT2D eigenvalue weighted by molar-refractivity contribution is 5.76. The third-order valence-corrected chi connectivity index (χ3v) is 8.89. The topological polar surface area (TPSA) is 121 Å². The number of amides is 1. The molecule has 1 aliphatic heterocycles. The second kappa shape index (κ2) is 18.4. The van der Waals surface area contributed by atoms with E-state index in [0.717, 1.165) is 65.0 Å². The lowest BCUT2D eigenvalue weighted by Gasteiger charge is -2.38. The number of nitrogens with zero attached hydrogens (tertiary/aromatic N) is 2. The predicted molar refractivity (Wildman–Crippen MR) is 188 cm³/mol. The summed E-state index contributed by atoms with van der Waals surface area (Å²) in [4.78, 5) is 29.9. The lowest BCUT2D eigenvalue weighted by molar-refractivity contribution is -0.252.